The Balaban J connectivity index is 2.14. The molecule has 0 radical (unpaired) electrons. The molecule has 1 aromatic heterocycles. The third-order valence-electron chi connectivity index (χ3n) is 4.88. The lowest BCUT2D eigenvalue weighted by molar-refractivity contribution is -0.119. The van der Waals surface area contributed by atoms with E-state index in [1.807, 2.05) is 26.0 Å². The normalized spacial score (nSPS) is 11.9. The van der Waals surface area contributed by atoms with E-state index in [1.165, 1.54) is 17.7 Å². The number of para-hydroxylation sites is 1. The second-order valence-electron chi connectivity index (χ2n) is 6.65. The van der Waals surface area contributed by atoms with Crippen molar-refractivity contribution >= 4 is 34.1 Å². The van der Waals surface area contributed by atoms with Gasteiger partial charge in [-0.1, -0.05) is 30.7 Å². The third kappa shape index (κ3) is 3.93. The van der Waals surface area contributed by atoms with Crippen LogP contribution in [0.5, 0.6) is 11.5 Å². The maximum Gasteiger partial charge on any atom is 0.252 e. The molecule has 1 amide bonds. The van der Waals surface area contributed by atoms with E-state index in [1.54, 1.807) is 31.4 Å². The molecule has 0 bridgehead atoms. The molecule has 0 saturated carbocycles. The summed E-state index contributed by atoms with van der Waals surface area (Å²) in [5.41, 5.74) is 1.60. The Morgan fingerprint density at radius 1 is 1.14 bits per heavy atom. The molecule has 29 heavy (non-hydrogen) atoms. The molecule has 152 valence electrons. The number of anilines is 1. The number of hydrogen-bond donors (Lipinski definition) is 1. The van der Waals surface area contributed by atoms with Crippen LogP contribution in [0.25, 0.3) is 10.9 Å². The zero-order valence-corrected chi connectivity index (χ0v) is 17.5. The number of carbonyl (C=O) groups excluding carboxylic acids is 1. The van der Waals surface area contributed by atoms with E-state index in [9.17, 15) is 9.59 Å². The molecular formula is C22H23ClN2O4. The standard InChI is InChI=1S/C22H23ClN2O4/c1-5-17(22(27)24-16-12-14(23)9-10-18(16)28-3)25-20(26)11-13(2)15-7-6-8-19(29-4)21(15)25/h6-12,17H,5H2,1-4H3,(H,24,27). The number of aromatic nitrogens is 1. The average molecular weight is 415 g/mol. The van der Waals surface area contributed by atoms with Crippen molar-refractivity contribution in [1.82, 2.24) is 4.57 Å². The van der Waals surface area contributed by atoms with Crippen LogP contribution in [0, 0.1) is 6.92 Å². The van der Waals surface area contributed by atoms with Crippen LogP contribution in [0.1, 0.15) is 24.9 Å². The maximum absolute atomic E-state index is 13.2. The number of nitrogens with zero attached hydrogens (tertiary/aromatic N) is 1. The van der Waals surface area contributed by atoms with Crippen LogP contribution in [0.3, 0.4) is 0 Å². The van der Waals surface area contributed by atoms with Crippen molar-refractivity contribution in [3.63, 3.8) is 0 Å². The van der Waals surface area contributed by atoms with Crippen LogP contribution in [-0.2, 0) is 4.79 Å². The zero-order chi connectivity index (χ0) is 21.1. The number of pyridine rings is 1. The molecule has 0 aliphatic rings. The van der Waals surface area contributed by atoms with Crippen molar-refractivity contribution in [3.05, 3.63) is 63.4 Å². The number of amides is 1. The van der Waals surface area contributed by atoms with Crippen molar-refractivity contribution in [2.24, 2.45) is 0 Å². The fraction of sp³-hybridized carbons (Fsp3) is 0.273. The number of halogens is 1. The number of benzene rings is 2. The fourth-order valence-electron chi connectivity index (χ4n) is 3.49. The van der Waals surface area contributed by atoms with Crippen LogP contribution in [-0.4, -0.2) is 24.7 Å². The van der Waals surface area contributed by atoms with Crippen LogP contribution >= 0.6 is 11.6 Å². The second-order valence-corrected chi connectivity index (χ2v) is 7.09. The summed E-state index contributed by atoms with van der Waals surface area (Å²) in [7, 11) is 3.06. The number of rotatable bonds is 6. The van der Waals surface area contributed by atoms with Gasteiger partial charge in [-0.15, -0.1) is 0 Å². The number of hydrogen-bond acceptors (Lipinski definition) is 4. The van der Waals surface area contributed by atoms with Gasteiger partial charge in [0.1, 0.15) is 17.5 Å². The predicted molar refractivity (Wildman–Crippen MR) is 115 cm³/mol. The lowest BCUT2D eigenvalue weighted by Crippen LogP contribution is -2.33. The molecule has 1 atom stereocenters. The van der Waals surface area contributed by atoms with Crippen LogP contribution in [0.2, 0.25) is 5.02 Å². The molecular weight excluding hydrogens is 392 g/mol. The van der Waals surface area contributed by atoms with Gasteiger partial charge < -0.3 is 14.8 Å². The number of methoxy groups -OCH3 is 2. The molecule has 1 unspecified atom stereocenters. The van der Waals surface area contributed by atoms with Crippen LogP contribution < -0.4 is 20.3 Å². The van der Waals surface area contributed by atoms with Gasteiger partial charge in [-0.05, 0) is 43.2 Å². The summed E-state index contributed by atoms with van der Waals surface area (Å²) in [6.45, 7) is 3.72. The second kappa shape index (κ2) is 8.57. The molecule has 0 saturated heterocycles. The first kappa shape index (κ1) is 20.7. The SMILES string of the molecule is CCC(C(=O)Nc1cc(Cl)ccc1OC)n1c(=O)cc(C)c2cccc(OC)c21. The molecule has 1 N–H and O–H groups in total. The lowest BCUT2D eigenvalue weighted by atomic mass is 10.1. The van der Waals surface area contributed by atoms with E-state index in [-0.39, 0.29) is 11.5 Å². The Labute approximate surface area is 174 Å². The third-order valence-corrected chi connectivity index (χ3v) is 5.12. The maximum atomic E-state index is 13.2. The van der Waals surface area contributed by atoms with Crippen molar-refractivity contribution in [3.8, 4) is 11.5 Å². The quantitative estimate of drug-likeness (QED) is 0.641. The smallest absolute Gasteiger partial charge is 0.252 e. The molecule has 0 fully saturated rings. The Morgan fingerprint density at radius 2 is 1.86 bits per heavy atom. The largest absolute Gasteiger partial charge is 0.495 e. The molecule has 7 heteroatoms. The van der Waals surface area contributed by atoms with Crippen molar-refractivity contribution in [1.29, 1.82) is 0 Å². The van der Waals surface area contributed by atoms with Gasteiger partial charge >= 0.3 is 0 Å². The Bertz CT molecular complexity index is 1120. The van der Waals surface area contributed by atoms with Gasteiger partial charge in [0.25, 0.3) is 5.56 Å². The Morgan fingerprint density at radius 3 is 2.52 bits per heavy atom. The predicted octanol–water partition coefficient (Wildman–Crippen LogP) is 4.57. The van der Waals surface area contributed by atoms with Gasteiger partial charge in [0, 0.05) is 16.5 Å². The lowest BCUT2D eigenvalue weighted by Gasteiger charge is -2.22. The van der Waals surface area contributed by atoms with E-state index in [0.717, 1.165) is 10.9 Å². The van der Waals surface area contributed by atoms with Crippen LogP contribution in [0.4, 0.5) is 5.69 Å². The van der Waals surface area contributed by atoms with Crippen molar-refractivity contribution in [2.45, 2.75) is 26.3 Å². The molecule has 0 spiro atoms. The highest BCUT2D eigenvalue weighted by molar-refractivity contribution is 6.31. The Hall–Kier alpha value is -2.99. The number of nitrogens with one attached hydrogen (secondary N) is 1. The summed E-state index contributed by atoms with van der Waals surface area (Å²) in [5, 5.41) is 4.17. The number of aryl methyl sites for hydroxylation is 1. The van der Waals surface area contributed by atoms with E-state index in [0.29, 0.717) is 34.1 Å². The highest BCUT2D eigenvalue weighted by atomic mass is 35.5. The topological polar surface area (TPSA) is 69.6 Å². The fourth-order valence-corrected chi connectivity index (χ4v) is 3.66. The van der Waals surface area contributed by atoms with Gasteiger partial charge in [0.05, 0.1) is 25.4 Å². The number of carbonyl (C=O) groups is 1. The summed E-state index contributed by atoms with van der Waals surface area (Å²) < 4.78 is 12.3. The van der Waals surface area contributed by atoms with Crippen molar-refractivity contribution in [2.75, 3.05) is 19.5 Å². The minimum Gasteiger partial charge on any atom is -0.495 e. The molecule has 1 heterocycles. The molecule has 3 aromatic rings. The summed E-state index contributed by atoms with van der Waals surface area (Å²) >= 11 is 6.07. The first-order valence-corrected chi connectivity index (χ1v) is 9.62. The Kier molecular flexibility index (Phi) is 6.13. The summed E-state index contributed by atoms with van der Waals surface area (Å²) in [6, 6.07) is 11.3. The monoisotopic (exact) mass is 414 g/mol. The van der Waals surface area contributed by atoms with Crippen molar-refractivity contribution < 1.29 is 14.3 Å². The first-order valence-electron chi connectivity index (χ1n) is 9.24. The highest BCUT2D eigenvalue weighted by Crippen LogP contribution is 2.31. The number of fused-ring (bicyclic) bond motifs is 1. The van der Waals surface area contributed by atoms with Gasteiger partial charge in [0.15, 0.2) is 0 Å². The average Bonchev–Trinajstić information content (AvgIpc) is 2.70. The highest BCUT2D eigenvalue weighted by Gasteiger charge is 2.24. The molecule has 0 aliphatic carbocycles. The minimum atomic E-state index is -0.745. The summed E-state index contributed by atoms with van der Waals surface area (Å²) in [6.07, 6.45) is 0.408. The first-order chi connectivity index (χ1) is 13.9. The zero-order valence-electron chi connectivity index (χ0n) is 16.8. The van der Waals surface area contributed by atoms with E-state index < -0.39 is 6.04 Å². The van der Waals surface area contributed by atoms with E-state index >= 15 is 0 Å². The molecule has 2 aromatic carbocycles. The van der Waals surface area contributed by atoms with E-state index in [2.05, 4.69) is 5.32 Å². The van der Waals surface area contributed by atoms with Gasteiger partial charge in [0.2, 0.25) is 5.91 Å². The van der Waals surface area contributed by atoms with E-state index in [4.69, 9.17) is 21.1 Å². The number of ether oxygens (including phenoxy) is 2. The minimum absolute atomic E-state index is 0.264. The summed E-state index contributed by atoms with van der Waals surface area (Å²) in [5.74, 6) is 0.678. The van der Waals surface area contributed by atoms with Gasteiger partial charge in [-0.2, -0.15) is 0 Å². The summed E-state index contributed by atoms with van der Waals surface area (Å²) in [4.78, 5) is 26.1. The molecule has 6 nitrogen and oxygen atoms in total. The van der Waals surface area contributed by atoms with Gasteiger partial charge in [-0.3, -0.25) is 14.2 Å². The molecule has 3 rings (SSSR count). The van der Waals surface area contributed by atoms with Crippen LogP contribution in [0.15, 0.2) is 47.3 Å². The van der Waals surface area contributed by atoms with Gasteiger partial charge in [-0.25, -0.2) is 0 Å². The molecule has 0 aliphatic heterocycles.